The third-order valence-corrected chi connectivity index (χ3v) is 5.17. The van der Waals surface area contributed by atoms with E-state index in [1.54, 1.807) is 11.9 Å². The maximum absolute atomic E-state index is 12.7. The van der Waals surface area contributed by atoms with Gasteiger partial charge in [0, 0.05) is 31.0 Å². The molecule has 2 aromatic rings. The molecule has 0 radical (unpaired) electrons. The number of likely N-dealkylation sites (tertiary alicyclic amines) is 1. The van der Waals surface area contributed by atoms with Crippen molar-refractivity contribution in [2.75, 3.05) is 26.7 Å². The van der Waals surface area contributed by atoms with Crippen LogP contribution in [0.4, 0.5) is 0 Å². The molecule has 2 N–H and O–H groups in total. The molecule has 7 nitrogen and oxygen atoms in total. The topological polar surface area (TPSA) is 93.7 Å². The molecule has 26 heavy (non-hydrogen) atoms. The number of carboxylic acid groups (broad SMARTS) is 1. The number of hydrogen-bond donors (Lipinski definition) is 2. The summed E-state index contributed by atoms with van der Waals surface area (Å²) >= 11 is 6.30. The van der Waals surface area contributed by atoms with Gasteiger partial charge in [0.2, 0.25) is 5.91 Å². The number of nitrogens with one attached hydrogen (secondary N) is 1. The first-order valence-electron chi connectivity index (χ1n) is 8.40. The van der Waals surface area contributed by atoms with Gasteiger partial charge >= 0.3 is 5.97 Å². The molecule has 0 atom stereocenters. The number of carbonyl (C=O) groups is 3. The number of piperidine rings is 1. The monoisotopic (exact) mass is 377 g/mol. The number of H-pyrrole nitrogens is 1. The predicted molar refractivity (Wildman–Crippen MR) is 97.2 cm³/mol. The fraction of sp³-hybridized carbons (Fsp3) is 0.389. The highest BCUT2D eigenvalue weighted by Crippen LogP contribution is 2.28. The number of aromatic amines is 1. The number of amides is 2. The number of benzene rings is 1. The van der Waals surface area contributed by atoms with Crippen LogP contribution in [0.25, 0.3) is 10.9 Å². The highest BCUT2D eigenvalue weighted by atomic mass is 35.5. The standard InChI is InChI=1S/C18H20ClN3O4/c1-21(10-14(23)22-8-6-11(7-9-22)18(25)26)17(24)16-15(19)12-4-2-3-5-13(12)20-16/h2-5,11,20H,6-10H2,1H3,(H,25,26). The van der Waals surface area contributed by atoms with Crippen molar-refractivity contribution in [3.63, 3.8) is 0 Å². The summed E-state index contributed by atoms with van der Waals surface area (Å²) in [5.74, 6) is -1.78. The average Bonchev–Trinajstić information content (AvgIpc) is 2.98. The van der Waals surface area contributed by atoms with Crippen molar-refractivity contribution < 1.29 is 19.5 Å². The fourth-order valence-corrected chi connectivity index (χ4v) is 3.49. The molecule has 1 aromatic carbocycles. The molecule has 1 aliphatic heterocycles. The minimum Gasteiger partial charge on any atom is -0.481 e. The molecular weight excluding hydrogens is 358 g/mol. The van der Waals surface area contributed by atoms with E-state index in [0.717, 1.165) is 10.9 Å². The Morgan fingerprint density at radius 2 is 1.92 bits per heavy atom. The second kappa shape index (κ2) is 7.37. The third kappa shape index (κ3) is 3.53. The van der Waals surface area contributed by atoms with Gasteiger partial charge in [-0.2, -0.15) is 0 Å². The first-order valence-corrected chi connectivity index (χ1v) is 8.78. The molecule has 1 aromatic heterocycles. The van der Waals surface area contributed by atoms with E-state index in [9.17, 15) is 14.4 Å². The Morgan fingerprint density at radius 1 is 1.27 bits per heavy atom. The van der Waals surface area contributed by atoms with Crippen molar-refractivity contribution in [3.8, 4) is 0 Å². The highest BCUT2D eigenvalue weighted by Gasteiger charge is 2.28. The summed E-state index contributed by atoms with van der Waals surface area (Å²) in [6, 6.07) is 7.33. The second-order valence-electron chi connectivity index (χ2n) is 6.51. The van der Waals surface area contributed by atoms with Crippen LogP contribution in [0.5, 0.6) is 0 Å². The lowest BCUT2D eigenvalue weighted by Gasteiger charge is -2.31. The van der Waals surface area contributed by atoms with Crippen molar-refractivity contribution in [2.24, 2.45) is 5.92 Å². The molecular formula is C18H20ClN3O4. The van der Waals surface area contributed by atoms with Gasteiger partial charge in [-0.3, -0.25) is 14.4 Å². The van der Waals surface area contributed by atoms with Gasteiger partial charge in [0.25, 0.3) is 5.91 Å². The molecule has 138 valence electrons. The van der Waals surface area contributed by atoms with E-state index >= 15 is 0 Å². The number of carboxylic acids is 1. The van der Waals surface area contributed by atoms with Crippen molar-refractivity contribution in [3.05, 3.63) is 35.0 Å². The zero-order chi connectivity index (χ0) is 18.8. The number of rotatable bonds is 4. The van der Waals surface area contributed by atoms with Crippen LogP contribution < -0.4 is 0 Å². The normalized spacial score (nSPS) is 15.2. The van der Waals surface area contributed by atoms with Crippen molar-refractivity contribution >= 4 is 40.3 Å². The lowest BCUT2D eigenvalue weighted by Crippen LogP contribution is -2.45. The van der Waals surface area contributed by atoms with Gasteiger partial charge in [-0.15, -0.1) is 0 Å². The molecule has 8 heteroatoms. The average molecular weight is 378 g/mol. The highest BCUT2D eigenvalue weighted by molar-refractivity contribution is 6.38. The number of hydrogen-bond acceptors (Lipinski definition) is 3. The Balaban J connectivity index is 1.64. The third-order valence-electron chi connectivity index (χ3n) is 4.77. The number of aliphatic carboxylic acids is 1. The molecule has 1 fully saturated rings. The van der Waals surface area contributed by atoms with Crippen LogP contribution in [0.3, 0.4) is 0 Å². The lowest BCUT2D eigenvalue weighted by atomic mass is 9.97. The number of fused-ring (bicyclic) bond motifs is 1. The van der Waals surface area contributed by atoms with Crippen LogP contribution in [-0.2, 0) is 9.59 Å². The Kier molecular flexibility index (Phi) is 5.18. The Morgan fingerprint density at radius 3 is 2.54 bits per heavy atom. The molecule has 2 amide bonds. The maximum atomic E-state index is 12.7. The Hall–Kier alpha value is -2.54. The number of para-hydroxylation sites is 1. The summed E-state index contributed by atoms with van der Waals surface area (Å²) in [5.41, 5.74) is 1.02. The van der Waals surface area contributed by atoms with Crippen molar-refractivity contribution in [1.82, 2.24) is 14.8 Å². The SMILES string of the molecule is CN(CC(=O)N1CCC(C(=O)O)CC1)C(=O)c1[nH]c2ccccc2c1Cl. The summed E-state index contributed by atoms with van der Waals surface area (Å²) in [6.07, 6.45) is 0.874. The molecule has 2 heterocycles. The van der Waals surface area contributed by atoms with E-state index in [1.807, 2.05) is 24.3 Å². The summed E-state index contributed by atoms with van der Waals surface area (Å²) in [5, 5.41) is 10.1. The first-order chi connectivity index (χ1) is 12.4. The fourth-order valence-electron chi connectivity index (χ4n) is 3.20. The van der Waals surface area contributed by atoms with E-state index in [1.165, 1.54) is 4.90 Å². The number of halogens is 1. The predicted octanol–water partition coefficient (Wildman–Crippen LogP) is 2.22. The number of nitrogens with zero attached hydrogens (tertiary/aromatic N) is 2. The van der Waals surface area contributed by atoms with Gasteiger partial charge in [0.05, 0.1) is 17.5 Å². The molecule has 3 rings (SSSR count). The smallest absolute Gasteiger partial charge is 0.306 e. The molecule has 0 aliphatic carbocycles. The zero-order valence-corrected chi connectivity index (χ0v) is 15.1. The van der Waals surface area contributed by atoms with Gasteiger partial charge in [0.15, 0.2) is 0 Å². The van der Waals surface area contributed by atoms with Gasteiger partial charge in [-0.1, -0.05) is 29.8 Å². The first kappa shape index (κ1) is 18.3. The van der Waals surface area contributed by atoms with Crippen LogP contribution in [0.1, 0.15) is 23.3 Å². The summed E-state index contributed by atoms with van der Waals surface area (Å²) in [7, 11) is 1.55. The van der Waals surface area contributed by atoms with E-state index in [0.29, 0.717) is 31.0 Å². The summed E-state index contributed by atoms with van der Waals surface area (Å²) in [4.78, 5) is 42.0. The van der Waals surface area contributed by atoms with Crippen LogP contribution in [-0.4, -0.2) is 64.4 Å². The van der Waals surface area contributed by atoms with E-state index in [2.05, 4.69) is 4.98 Å². The largest absolute Gasteiger partial charge is 0.481 e. The van der Waals surface area contributed by atoms with Gasteiger partial charge in [-0.25, -0.2) is 0 Å². The van der Waals surface area contributed by atoms with Gasteiger partial charge in [-0.05, 0) is 18.9 Å². The van der Waals surface area contributed by atoms with E-state index < -0.39 is 11.9 Å². The van der Waals surface area contributed by atoms with Gasteiger partial charge in [0.1, 0.15) is 5.69 Å². The molecule has 0 spiro atoms. The van der Waals surface area contributed by atoms with Crippen LogP contribution >= 0.6 is 11.6 Å². The van der Waals surface area contributed by atoms with Gasteiger partial charge < -0.3 is 19.9 Å². The van der Waals surface area contributed by atoms with E-state index in [-0.39, 0.29) is 24.1 Å². The molecule has 0 bridgehead atoms. The second-order valence-corrected chi connectivity index (χ2v) is 6.89. The Bertz CT molecular complexity index is 855. The zero-order valence-electron chi connectivity index (χ0n) is 14.4. The number of carbonyl (C=O) groups excluding carboxylic acids is 2. The molecule has 1 aliphatic rings. The van der Waals surface area contributed by atoms with E-state index in [4.69, 9.17) is 16.7 Å². The number of likely N-dealkylation sites (N-methyl/N-ethyl adjacent to an activating group) is 1. The van der Waals surface area contributed by atoms with Crippen LogP contribution in [0, 0.1) is 5.92 Å². The van der Waals surface area contributed by atoms with Crippen molar-refractivity contribution in [2.45, 2.75) is 12.8 Å². The lowest BCUT2D eigenvalue weighted by molar-refractivity contribution is -0.145. The molecule has 1 saturated heterocycles. The van der Waals surface area contributed by atoms with Crippen LogP contribution in [0.2, 0.25) is 5.02 Å². The minimum atomic E-state index is -0.821. The van der Waals surface area contributed by atoms with Crippen LogP contribution in [0.15, 0.2) is 24.3 Å². The van der Waals surface area contributed by atoms with Crippen molar-refractivity contribution in [1.29, 1.82) is 0 Å². The molecule has 0 unspecified atom stereocenters. The summed E-state index contributed by atoms with van der Waals surface area (Å²) < 4.78 is 0. The Labute approximate surface area is 155 Å². The maximum Gasteiger partial charge on any atom is 0.306 e. The minimum absolute atomic E-state index is 0.0811. The summed E-state index contributed by atoms with van der Waals surface area (Å²) in [6.45, 7) is 0.707. The molecule has 0 saturated carbocycles. The quantitative estimate of drug-likeness (QED) is 0.854. The number of aromatic nitrogens is 1.